The average molecular weight is 363 g/mol. The second-order valence-electron chi connectivity index (χ2n) is 4.93. The standard InChI is InChI=1S/C4H8O2S.C4H8S2.C3H6O3S/c1-4-2-6-7(5)3-4;1-4-2-5-6-3-4;1-3-2-5-7(4)6-3/h4H,2-3H2,1H3;4H,2-3H2,1H3;3H,2H2,1H3. The van der Waals surface area contributed by atoms with E-state index in [0.29, 0.717) is 19.1 Å². The molecule has 9 heteroatoms. The molecule has 0 radical (unpaired) electrons. The highest BCUT2D eigenvalue weighted by Crippen LogP contribution is 2.33. The third-order valence-corrected chi connectivity index (χ3v) is 7.28. The van der Waals surface area contributed by atoms with Gasteiger partial charge in [-0.1, -0.05) is 35.4 Å². The molecule has 3 aliphatic rings. The van der Waals surface area contributed by atoms with Crippen molar-refractivity contribution >= 4 is 44.0 Å². The van der Waals surface area contributed by atoms with Crippen LogP contribution in [0.1, 0.15) is 20.8 Å². The summed E-state index contributed by atoms with van der Waals surface area (Å²) in [5.74, 6) is 4.93. The maximum atomic E-state index is 10.3. The first-order chi connectivity index (χ1) is 9.47. The van der Waals surface area contributed by atoms with Gasteiger partial charge in [0.1, 0.15) is 0 Å². The van der Waals surface area contributed by atoms with Gasteiger partial charge in [0.25, 0.3) is 0 Å². The topological polar surface area (TPSA) is 61.8 Å². The lowest BCUT2D eigenvalue weighted by Crippen LogP contribution is -2.00. The summed E-state index contributed by atoms with van der Waals surface area (Å²) in [4.78, 5) is 0. The molecule has 0 saturated carbocycles. The first-order valence-electron chi connectivity index (χ1n) is 6.45. The smallest absolute Gasteiger partial charge is 0.290 e. The summed E-state index contributed by atoms with van der Waals surface area (Å²) in [5, 5.41) is 0. The highest BCUT2D eigenvalue weighted by atomic mass is 33.1. The molecule has 120 valence electrons. The Bertz CT molecular complexity index is 298. The van der Waals surface area contributed by atoms with Gasteiger partial charge in [-0.25, -0.2) is 4.21 Å². The molecule has 0 N–H and O–H groups in total. The molecule has 3 fully saturated rings. The van der Waals surface area contributed by atoms with Gasteiger partial charge in [-0.3, -0.25) is 12.5 Å². The molecule has 0 aliphatic carbocycles. The van der Waals surface area contributed by atoms with Crippen LogP contribution >= 0.6 is 21.6 Å². The van der Waals surface area contributed by atoms with Crippen molar-refractivity contribution in [2.24, 2.45) is 11.8 Å². The van der Waals surface area contributed by atoms with Gasteiger partial charge in [-0.15, -0.1) is 0 Å². The van der Waals surface area contributed by atoms with Crippen LogP contribution in [-0.4, -0.2) is 45.0 Å². The van der Waals surface area contributed by atoms with Crippen LogP contribution in [0.5, 0.6) is 0 Å². The molecule has 0 aromatic rings. The van der Waals surface area contributed by atoms with Gasteiger partial charge in [0.05, 0.1) is 25.1 Å². The largest absolute Gasteiger partial charge is 0.305 e. The summed E-state index contributed by atoms with van der Waals surface area (Å²) in [5.41, 5.74) is 0. The van der Waals surface area contributed by atoms with E-state index >= 15 is 0 Å². The number of rotatable bonds is 0. The molecule has 0 spiro atoms. The molecule has 0 aromatic carbocycles. The Balaban J connectivity index is 0.000000151. The Morgan fingerprint density at radius 2 is 1.60 bits per heavy atom. The van der Waals surface area contributed by atoms with Crippen LogP contribution < -0.4 is 0 Å². The van der Waals surface area contributed by atoms with Crippen molar-refractivity contribution < 1.29 is 21.0 Å². The third-order valence-electron chi connectivity index (χ3n) is 2.33. The van der Waals surface area contributed by atoms with Crippen molar-refractivity contribution in [3.05, 3.63) is 0 Å². The Labute approximate surface area is 134 Å². The molecule has 3 heterocycles. The molecule has 3 saturated heterocycles. The minimum Gasteiger partial charge on any atom is -0.290 e. The van der Waals surface area contributed by atoms with E-state index in [0.717, 1.165) is 11.7 Å². The maximum Gasteiger partial charge on any atom is 0.305 e. The Kier molecular flexibility index (Phi) is 10.0. The first-order valence-corrected chi connectivity index (χ1v) is 11.2. The maximum absolute atomic E-state index is 10.3. The minimum absolute atomic E-state index is 0.000772. The van der Waals surface area contributed by atoms with Gasteiger partial charge in [-0.2, -0.15) is 4.21 Å². The minimum atomic E-state index is -1.45. The van der Waals surface area contributed by atoms with Crippen LogP contribution in [0.2, 0.25) is 0 Å². The van der Waals surface area contributed by atoms with Gasteiger partial charge < -0.3 is 0 Å². The van der Waals surface area contributed by atoms with Crippen LogP contribution in [0.15, 0.2) is 0 Å². The van der Waals surface area contributed by atoms with Crippen molar-refractivity contribution in [3.8, 4) is 0 Å². The molecular formula is C11H22O5S4. The number of hydrogen-bond donors (Lipinski definition) is 0. The van der Waals surface area contributed by atoms with Crippen LogP contribution in [-0.2, 0) is 35.0 Å². The van der Waals surface area contributed by atoms with E-state index < -0.39 is 22.4 Å². The molecule has 0 bridgehead atoms. The summed E-state index contributed by atoms with van der Waals surface area (Å²) >= 11 is -2.41. The van der Waals surface area contributed by atoms with Crippen LogP contribution in [0, 0.1) is 11.8 Å². The summed E-state index contributed by atoms with van der Waals surface area (Å²) in [7, 11) is 4.00. The van der Waals surface area contributed by atoms with Gasteiger partial charge in [0.2, 0.25) is 0 Å². The summed E-state index contributed by atoms with van der Waals surface area (Å²) < 4.78 is 34.3. The lowest BCUT2D eigenvalue weighted by Gasteiger charge is -1.88. The zero-order chi connectivity index (χ0) is 15.0. The van der Waals surface area contributed by atoms with Gasteiger partial charge >= 0.3 is 11.4 Å². The summed E-state index contributed by atoms with van der Waals surface area (Å²) in [6.45, 7) is 7.27. The van der Waals surface area contributed by atoms with E-state index in [2.05, 4.69) is 15.3 Å². The predicted octanol–water partition coefficient (Wildman–Crippen LogP) is 2.33. The van der Waals surface area contributed by atoms with Crippen molar-refractivity contribution in [2.45, 2.75) is 26.9 Å². The molecule has 0 amide bonds. The fourth-order valence-electron chi connectivity index (χ4n) is 1.24. The van der Waals surface area contributed by atoms with Crippen molar-refractivity contribution in [1.82, 2.24) is 0 Å². The normalized spacial score (nSPS) is 37.0. The average Bonchev–Trinajstić information content (AvgIpc) is 3.07. The zero-order valence-corrected chi connectivity index (χ0v) is 15.2. The van der Waals surface area contributed by atoms with Crippen molar-refractivity contribution in [2.75, 3.05) is 30.5 Å². The number of hydrogen-bond acceptors (Lipinski definition) is 7. The molecule has 4 atom stereocenters. The van der Waals surface area contributed by atoms with Gasteiger partial charge in [-0.05, 0) is 18.8 Å². The van der Waals surface area contributed by atoms with Crippen LogP contribution in [0.3, 0.4) is 0 Å². The Hall–Kier alpha value is 0.880. The van der Waals surface area contributed by atoms with E-state index in [9.17, 15) is 8.42 Å². The zero-order valence-electron chi connectivity index (χ0n) is 11.9. The summed E-state index contributed by atoms with van der Waals surface area (Å²) in [6, 6.07) is 0. The monoisotopic (exact) mass is 362 g/mol. The van der Waals surface area contributed by atoms with Gasteiger partial charge in [0.15, 0.2) is 11.1 Å². The molecule has 5 nitrogen and oxygen atoms in total. The van der Waals surface area contributed by atoms with Crippen molar-refractivity contribution in [1.29, 1.82) is 0 Å². The SMILES string of the molecule is CC1COS(=O)C1.CC1COS(=O)O1.CC1CSSC1. The van der Waals surface area contributed by atoms with Crippen molar-refractivity contribution in [3.63, 3.8) is 0 Å². The highest BCUT2D eigenvalue weighted by Gasteiger charge is 2.17. The molecule has 4 unspecified atom stereocenters. The quantitative estimate of drug-likeness (QED) is 0.613. The van der Waals surface area contributed by atoms with E-state index in [1.807, 2.05) is 35.4 Å². The molecule has 3 aliphatic heterocycles. The second kappa shape index (κ2) is 10.6. The fourth-order valence-corrected chi connectivity index (χ4v) is 5.97. The lowest BCUT2D eigenvalue weighted by molar-refractivity contribution is 0.262. The highest BCUT2D eigenvalue weighted by molar-refractivity contribution is 8.77. The van der Waals surface area contributed by atoms with E-state index in [1.54, 1.807) is 0 Å². The van der Waals surface area contributed by atoms with Crippen LogP contribution in [0.25, 0.3) is 0 Å². The Morgan fingerprint density at radius 1 is 0.950 bits per heavy atom. The fraction of sp³-hybridized carbons (Fsp3) is 1.00. The molecule has 0 aromatic heterocycles. The Morgan fingerprint density at radius 3 is 1.75 bits per heavy atom. The van der Waals surface area contributed by atoms with E-state index in [4.69, 9.17) is 4.18 Å². The molecule has 3 rings (SSSR count). The van der Waals surface area contributed by atoms with E-state index in [-0.39, 0.29) is 6.10 Å². The third kappa shape index (κ3) is 9.01. The van der Waals surface area contributed by atoms with E-state index in [1.165, 1.54) is 11.5 Å². The van der Waals surface area contributed by atoms with Gasteiger partial charge in [0, 0.05) is 11.5 Å². The summed E-state index contributed by atoms with van der Waals surface area (Å²) in [6.07, 6.45) is 0.000772. The molecular weight excluding hydrogens is 340 g/mol. The molecule has 20 heavy (non-hydrogen) atoms. The first kappa shape index (κ1) is 18.9. The lowest BCUT2D eigenvalue weighted by atomic mass is 10.2. The van der Waals surface area contributed by atoms with Crippen LogP contribution in [0.4, 0.5) is 0 Å². The second-order valence-corrected chi connectivity index (χ2v) is 9.49. The predicted molar refractivity (Wildman–Crippen MR) is 86.8 cm³/mol.